The van der Waals surface area contributed by atoms with Gasteiger partial charge in [0.15, 0.2) is 5.78 Å². The van der Waals surface area contributed by atoms with Crippen molar-refractivity contribution in [1.29, 1.82) is 0 Å². The normalized spacial score (nSPS) is 15.4. The lowest BCUT2D eigenvalue weighted by Crippen LogP contribution is -2.02. The van der Waals surface area contributed by atoms with E-state index in [1.807, 2.05) is 55.5 Å². The van der Waals surface area contributed by atoms with E-state index >= 15 is 0 Å². The number of Topliss-reactive ketones (excluding diaryl/α,β-unsaturated/α-hetero) is 1. The minimum atomic E-state index is 0.0551. The van der Waals surface area contributed by atoms with Gasteiger partial charge in [-0.25, -0.2) is 0 Å². The van der Waals surface area contributed by atoms with Crippen LogP contribution in [0.25, 0.3) is 6.08 Å². The molecule has 0 bridgehead atoms. The number of fused-ring (bicyclic) bond motifs is 1. The van der Waals surface area contributed by atoms with Crippen LogP contribution in [0.15, 0.2) is 48.0 Å². The molecular weight excluding hydrogens is 312 g/mol. The van der Waals surface area contributed by atoms with Crippen molar-refractivity contribution in [2.75, 3.05) is 13.2 Å². The Kier molecular flexibility index (Phi) is 5.54. The fourth-order valence-corrected chi connectivity index (χ4v) is 2.84. The molecule has 0 aromatic heterocycles. The van der Waals surface area contributed by atoms with Gasteiger partial charge in [-0.3, -0.25) is 4.79 Å². The third-order valence-corrected chi connectivity index (χ3v) is 4.29. The zero-order valence-corrected chi connectivity index (χ0v) is 14.9. The van der Waals surface area contributed by atoms with Crippen LogP contribution in [0.5, 0.6) is 11.5 Å². The highest BCUT2D eigenvalue weighted by Crippen LogP contribution is 2.28. The molecule has 0 atom stereocenters. The third kappa shape index (κ3) is 4.30. The number of ether oxygens (including phenoxy) is 2. The first-order valence-electron chi connectivity index (χ1n) is 8.89. The predicted octanol–water partition coefficient (Wildman–Crippen LogP) is 5.22. The number of rotatable bonds is 5. The van der Waals surface area contributed by atoms with Gasteiger partial charge in [0.2, 0.25) is 0 Å². The van der Waals surface area contributed by atoms with Gasteiger partial charge in [0.05, 0.1) is 18.8 Å². The van der Waals surface area contributed by atoms with Crippen LogP contribution in [0.1, 0.15) is 47.7 Å². The molecule has 25 heavy (non-hydrogen) atoms. The molecule has 3 heteroatoms. The summed E-state index contributed by atoms with van der Waals surface area (Å²) in [5, 5.41) is 0. The Hall–Kier alpha value is -2.55. The van der Waals surface area contributed by atoms with Crippen molar-refractivity contribution in [3.05, 3.63) is 64.7 Å². The van der Waals surface area contributed by atoms with Crippen LogP contribution in [0.2, 0.25) is 0 Å². The van der Waals surface area contributed by atoms with Crippen molar-refractivity contribution >= 4 is 11.9 Å². The van der Waals surface area contributed by atoms with Crippen molar-refractivity contribution in [2.24, 2.45) is 0 Å². The summed E-state index contributed by atoms with van der Waals surface area (Å²) >= 11 is 0. The van der Waals surface area contributed by atoms with E-state index in [-0.39, 0.29) is 5.78 Å². The van der Waals surface area contributed by atoms with E-state index in [0.29, 0.717) is 24.3 Å². The van der Waals surface area contributed by atoms with Crippen LogP contribution in [0.4, 0.5) is 0 Å². The number of ketones is 1. The molecule has 0 amide bonds. The zero-order valence-electron chi connectivity index (χ0n) is 14.9. The Morgan fingerprint density at radius 3 is 2.72 bits per heavy atom. The first kappa shape index (κ1) is 17.3. The van der Waals surface area contributed by atoms with Gasteiger partial charge in [-0.1, -0.05) is 37.1 Å². The maximum Gasteiger partial charge on any atom is 0.192 e. The summed E-state index contributed by atoms with van der Waals surface area (Å²) in [7, 11) is 0. The Labute approximate surface area is 149 Å². The molecule has 0 fully saturated rings. The van der Waals surface area contributed by atoms with Gasteiger partial charge in [0.25, 0.3) is 0 Å². The largest absolute Gasteiger partial charge is 0.494 e. The SMILES string of the molecule is CCCCOc1ccc(/C=C2\CCOc3ccc(C)cc3C2=O)cc1. The van der Waals surface area contributed by atoms with Crippen molar-refractivity contribution < 1.29 is 14.3 Å². The van der Waals surface area contributed by atoms with E-state index < -0.39 is 0 Å². The number of aryl methyl sites for hydroxylation is 1. The quantitative estimate of drug-likeness (QED) is 0.554. The molecule has 1 heterocycles. The van der Waals surface area contributed by atoms with E-state index in [9.17, 15) is 4.79 Å². The van der Waals surface area contributed by atoms with E-state index in [1.165, 1.54) is 0 Å². The summed E-state index contributed by atoms with van der Waals surface area (Å²) in [6.07, 6.45) is 4.74. The van der Waals surface area contributed by atoms with E-state index in [2.05, 4.69) is 6.92 Å². The molecule has 1 aliphatic rings. The Morgan fingerprint density at radius 1 is 1.16 bits per heavy atom. The van der Waals surface area contributed by atoms with Crippen LogP contribution in [0.3, 0.4) is 0 Å². The standard InChI is InChI=1S/C22H24O3/c1-3-4-12-24-19-8-6-17(7-9-19)15-18-11-13-25-21-10-5-16(2)14-20(21)22(18)23/h5-10,14-15H,3-4,11-13H2,1-2H3/b18-15+. The molecule has 0 unspecified atom stereocenters. The molecule has 2 aromatic carbocycles. The first-order chi connectivity index (χ1) is 12.2. The number of hydrogen-bond acceptors (Lipinski definition) is 3. The van der Waals surface area contributed by atoms with Gasteiger partial charge in [0, 0.05) is 12.0 Å². The van der Waals surface area contributed by atoms with Crippen molar-refractivity contribution in [3.8, 4) is 11.5 Å². The van der Waals surface area contributed by atoms with Gasteiger partial charge < -0.3 is 9.47 Å². The topological polar surface area (TPSA) is 35.5 Å². The van der Waals surface area contributed by atoms with Gasteiger partial charge in [-0.15, -0.1) is 0 Å². The van der Waals surface area contributed by atoms with Crippen molar-refractivity contribution in [2.45, 2.75) is 33.1 Å². The van der Waals surface area contributed by atoms with Gasteiger partial charge in [-0.05, 0) is 49.2 Å². The van der Waals surface area contributed by atoms with E-state index in [1.54, 1.807) is 0 Å². The summed E-state index contributed by atoms with van der Waals surface area (Å²) in [5.41, 5.74) is 3.50. The molecule has 3 rings (SSSR count). The number of carbonyl (C=O) groups excluding carboxylic acids is 1. The Morgan fingerprint density at radius 2 is 1.96 bits per heavy atom. The summed E-state index contributed by atoms with van der Waals surface area (Å²) in [5.74, 6) is 1.60. The molecule has 0 N–H and O–H groups in total. The third-order valence-electron chi connectivity index (χ3n) is 4.29. The number of carbonyl (C=O) groups is 1. The highest BCUT2D eigenvalue weighted by molar-refractivity contribution is 6.13. The fraction of sp³-hybridized carbons (Fsp3) is 0.318. The number of benzene rings is 2. The molecule has 130 valence electrons. The maximum atomic E-state index is 12.9. The molecular formula is C22H24O3. The van der Waals surface area contributed by atoms with Gasteiger partial charge in [-0.2, -0.15) is 0 Å². The second-order valence-corrected chi connectivity index (χ2v) is 6.37. The summed E-state index contributed by atoms with van der Waals surface area (Å²) in [6.45, 7) is 5.39. The monoisotopic (exact) mass is 336 g/mol. The molecule has 2 aromatic rings. The lowest BCUT2D eigenvalue weighted by molar-refractivity contribution is 0.103. The zero-order chi connectivity index (χ0) is 17.6. The molecule has 0 aliphatic carbocycles. The van der Waals surface area contributed by atoms with Crippen LogP contribution < -0.4 is 9.47 Å². The second kappa shape index (κ2) is 8.02. The molecule has 0 saturated carbocycles. The fourth-order valence-electron chi connectivity index (χ4n) is 2.84. The minimum absolute atomic E-state index is 0.0551. The first-order valence-corrected chi connectivity index (χ1v) is 8.89. The highest BCUT2D eigenvalue weighted by Gasteiger charge is 2.21. The van der Waals surface area contributed by atoms with Crippen LogP contribution in [0, 0.1) is 6.92 Å². The van der Waals surface area contributed by atoms with Crippen LogP contribution in [-0.2, 0) is 0 Å². The lowest BCUT2D eigenvalue weighted by Gasteiger charge is -2.07. The average molecular weight is 336 g/mol. The predicted molar refractivity (Wildman–Crippen MR) is 100 cm³/mol. The van der Waals surface area contributed by atoms with Crippen LogP contribution >= 0.6 is 0 Å². The molecule has 0 saturated heterocycles. The maximum absolute atomic E-state index is 12.9. The van der Waals surface area contributed by atoms with Gasteiger partial charge in [0.1, 0.15) is 11.5 Å². The van der Waals surface area contributed by atoms with Gasteiger partial charge >= 0.3 is 0 Å². The number of unbranched alkanes of at least 4 members (excludes halogenated alkanes) is 1. The van der Waals surface area contributed by atoms with Crippen molar-refractivity contribution in [3.63, 3.8) is 0 Å². The number of hydrogen-bond donors (Lipinski definition) is 0. The molecule has 3 nitrogen and oxygen atoms in total. The Bertz CT molecular complexity index is 772. The smallest absolute Gasteiger partial charge is 0.192 e. The van der Waals surface area contributed by atoms with Crippen LogP contribution in [-0.4, -0.2) is 19.0 Å². The minimum Gasteiger partial charge on any atom is -0.494 e. The summed E-state index contributed by atoms with van der Waals surface area (Å²) in [4.78, 5) is 12.9. The summed E-state index contributed by atoms with van der Waals surface area (Å²) in [6, 6.07) is 13.7. The highest BCUT2D eigenvalue weighted by atomic mass is 16.5. The lowest BCUT2D eigenvalue weighted by atomic mass is 9.98. The van der Waals surface area contributed by atoms with E-state index in [0.717, 1.165) is 41.9 Å². The Balaban J connectivity index is 1.79. The molecule has 0 radical (unpaired) electrons. The molecule has 0 spiro atoms. The second-order valence-electron chi connectivity index (χ2n) is 6.37. The summed E-state index contributed by atoms with van der Waals surface area (Å²) < 4.78 is 11.4. The average Bonchev–Trinajstić information content (AvgIpc) is 2.77. The van der Waals surface area contributed by atoms with E-state index in [4.69, 9.17) is 9.47 Å². The van der Waals surface area contributed by atoms with Crippen molar-refractivity contribution in [1.82, 2.24) is 0 Å². The molecule has 1 aliphatic heterocycles.